The largest absolute Gasteiger partial charge is 0.380 e. The minimum atomic E-state index is 0.764. The van der Waals surface area contributed by atoms with Crippen LogP contribution >= 0.6 is 0 Å². The van der Waals surface area contributed by atoms with Gasteiger partial charge < -0.3 is 10.2 Å². The molecule has 0 aromatic carbocycles. The first-order valence-corrected chi connectivity index (χ1v) is 6.65. The smallest absolute Gasteiger partial charge is 0.128 e. The minimum absolute atomic E-state index is 0.764. The van der Waals surface area contributed by atoms with Gasteiger partial charge in [-0.05, 0) is 26.0 Å². The van der Waals surface area contributed by atoms with E-state index in [-0.39, 0.29) is 0 Å². The van der Waals surface area contributed by atoms with Gasteiger partial charge in [0.2, 0.25) is 0 Å². The zero-order chi connectivity index (χ0) is 13.7. The molecule has 0 unspecified atom stereocenters. The molecule has 0 aliphatic rings. The van der Waals surface area contributed by atoms with Crippen molar-refractivity contribution < 1.29 is 0 Å². The van der Waals surface area contributed by atoms with Crippen LogP contribution < -0.4 is 10.2 Å². The maximum atomic E-state index is 4.48. The summed E-state index contributed by atoms with van der Waals surface area (Å²) < 4.78 is 1.80. The molecule has 5 heteroatoms. The second kappa shape index (κ2) is 6.22. The molecule has 5 nitrogen and oxygen atoms in total. The van der Waals surface area contributed by atoms with Crippen molar-refractivity contribution in [2.24, 2.45) is 7.05 Å². The van der Waals surface area contributed by atoms with Crippen LogP contribution in [0, 0.1) is 0 Å². The topological polar surface area (TPSA) is 46.0 Å². The van der Waals surface area contributed by atoms with E-state index in [1.165, 1.54) is 0 Å². The number of nitrogens with zero attached hydrogens (tertiary/aromatic N) is 4. The second-order valence-electron chi connectivity index (χ2n) is 4.45. The first kappa shape index (κ1) is 13.4. The fraction of sp³-hybridized carbons (Fsp3) is 0.429. The number of hydrogen-bond acceptors (Lipinski definition) is 4. The van der Waals surface area contributed by atoms with Crippen molar-refractivity contribution in [2.75, 3.05) is 23.3 Å². The fourth-order valence-corrected chi connectivity index (χ4v) is 1.99. The normalized spacial score (nSPS) is 10.5. The summed E-state index contributed by atoms with van der Waals surface area (Å²) in [6, 6.07) is 4.12. The number of aryl methyl sites for hydroxylation is 1. The van der Waals surface area contributed by atoms with E-state index in [1.807, 2.05) is 25.6 Å². The molecule has 0 atom stereocenters. The van der Waals surface area contributed by atoms with Gasteiger partial charge in [0.25, 0.3) is 0 Å². The number of hydrogen-bond donors (Lipinski definition) is 1. The standard InChI is InChI=1S/C14H21N5/c1-4-19(5-2)14-7-6-13(10-16-14)15-8-12-9-17-18(3)11-12/h6-7,9-11,15H,4-5,8H2,1-3H3. The molecule has 0 aliphatic carbocycles. The van der Waals surface area contributed by atoms with Crippen molar-refractivity contribution in [1.82, 2.24) is 14.8 Å². The zero-order valence-corrected chi connectivity index (χ0v) is 11.8. The van der Waals surface area contributed by atoms with Gasteiger partial charge in [-0.2, -0.15) is 5.10 Å². The van der Waals surface area contributed by atoms with E-state index in [0.717, 1.165) is 36.7 Å². The highest BCUT2D eigenvalue weighted by Crippen LogP contribution is 2.14. The molecule has 0 bridgehead atoms. The maximum Gasteiger partial charge on any atom is 0.128 e. The van der Waals surface area contributed by atoms with Crippen LogP contribution in [0.15, 0.2) is 30.7 Å². The molecule has 0 radical (unpaired) electrons. The number of aromatic nitrogens is 3. The zero-order valence-electron chi connectivity index (χ0n) is 11.8. The lowest BCUT2D eigenvalue weighted by Crippen LogP contribution is -2.22. The molecule has 2 rings (SSSR count). The number of rotatable bonds is 6. The molecule has 0 aliphatic heterocycles. The molecule has 0 saturated carbocycles. The van der Waals surface area contributed by atoms with Crippen LogP contribution in [0.3, 0.4) is 0 Å². The molecule has 2 aromatic rings. The van der Waals surface area contributed by atoms with Gasteiger partial charge in [0.1, 0.15) is 5.82 Å². The van der Waals surface area contributed by atoms with Gasteiger partial charge in [0, 0.05) is 38.4 Å². The Labute approximate surface area is 114 Å². The predicted octanol–water partition coefficient (Wildman–Crippen LogP) is 2.27. The Kier molecular flexibility index (Phi) is 4.39. The van der Waals surface area contributed by atoms with Gasteiger partial charge in [0.15, 0.2) is 0 Å². The predicted molar refractivity (Wildman–Crippen MR) is 78.3 cm³/mol. The van der Waals surface area contributed by atoms with Crippen molar-refractivity contribution in [3.63, 3.8) is 0 Å². The van der Waals surface area contributed by atoms with E-state index in [9.17, 15) is 0 Å². The molecule has 102 valence electrons. The van der Waals surface area contributed by atoms with E-state index < -0.39 is 0 Å². The monoisotopic (exact) mass is 259 g/mol. The van der Waals surface area contributed by atoms with E-state index in [4.69, 9.17) is 0 Å². The summed E-state index contributed by atoms with van der Waals surface area (Å²) in [6.45, 7) is 7.00. The maximum absolute atomic E-state index is 4.48. The molecule has 0 spiro atoms. The highest BCUT2D eigenvalue weighted by Gasteiger charge is 2.03. The molecule has 0 saturated heterocycles. The van der Waals surface area contributed by atoms with Crippen LogP contribution in [-0.4, -0.2) is 27.9 Å². The molecular weight excluding hydrogens is 238 g/mol. The third kappa shape index (κ3) is 3.47. The van der Waals surface area contributed by atoms with Gasteiger partial charge in [-0.1, -0.05) is 0 Å². The van der Waals surface area contributed by atoms with Gasteiger partial charge in [-0.3, -0.25) is 4.68 Å². The van der Waals surface area contributed by atoms with Crippen molar-refractivity contribution in [1.29, 1.82) is 0 Å². The van der Waals surface area contributed by atoms with Crippen molar-refractivity contribution in [3.8, 4) is 0 Å². The summed E-state index contributed by atoms with van der Waals surface area (Å²) in [5, 5.41) is 7.48. The minimum Gasteiger partial charge on any atom is -0.380 e. The van der Waals surface area contributed by atoms with Crippen LogP contribution in [0.2, 0.25) is 0 Å². The average Bonchev–Trinajstić information content (AvgIpc) is 2.85. The molecular formula is C14H21N5. The molecule has 2 heterocycles. The van der Waals surface area contributed by atoms with Crippen LogP contribution in [0.1, 0.15) is 19.4 Å². The fourth-order valence-electron chi connectivity index (χ4n) is 1.99. The SMILES string of the molecule is CCN(CC)c1ccc(NCc2cnn(C)c2)cn1. The summed E-state index contributed by atoms with van der Waals surface area (Å²) in [5.74, 6) is 1.02. The van der Waals surface area contributed by atoms with Gasteiger partial charge in [-0.15, -0.1) is 0 Å². The van der Waals surface area contributed by atoms with Crippen LogP contribution in [0.5, 0.6) is 0 Å². The number of anilines is 2. The van der Waals surface area contributed by atoms with Gasteiger partial charge >= 0.3 is 0 Å². The van der Waals surface area contributed by atoms with E-state index in [2.05, 4.69) is 46.3 Å². The van der Waals surface area contributed by atoms with Crippen molar-refractivity contribution in [2.45, 2.75) is 20.4 Å². The highest BCUT2D eigenvalue weighted by atomic mass is 15.2. The Morgan fingerprint density at radius 1 is 1.21 bits per heavy atom. The highest BCUT2D eigenvalue weighted by molar-refractivity contribution is 5.48. The molecule has 0 fully saturated rings. The lowest BCUT2D eigenvalue weighted by molar-refractivity contribution is 0.767. The Morgan fingerprint density at radius 3 is 2.53 bits per heavy atom. The first-order valence-electron chi connectivity index (χ1n) is 6.65. The Balaban J connectivity index is 1.95. The lowest BCUT2D eigenvalue weighted by Gasteiger charge is -2.19. The van der Waals surface area contributed by atoms with Crippen LogP contribution in [0.25, 0.3) is 0 Å². The quantitative estimate of drug-likeness (QED) is 0.864. The first-order chi connectivity index (χ1) is 9.22. The summed E-state index contributed by atoms with van der Waals surface area (Å²) in [7, 11) is 1.92. The van der Waals surface area contributed by atoms with Crippen LogP contribution in [-0.2, 0) is 13.6 Å². The Morgan fingerprint density at radius 2 is 2.00 bits per heavy atom. The number of pyridine rings is 1. The van der Waals surface area contributed by atoms with Crippen molar-refractivity contribution >= 4 is 11.5 Å². The molecule has 1 N–H and O–H groups in total. The summed E-state index contributed by atoms with van der Waals surface area (Å²) in [4.78, 5) is 6.71. The lowest BCUT2D eigenvalue weighted by atomic mass is 10.3. The second-order valence-corrected chi connectivity index (χ2v) is 4.45. The summed E-state index contributed by atoms with van der Waals surface area (Å²) >= 11 is 0. The van der Waals surface area contributed by atoms with E-state index in [0.29, 0.717) is 0 Å². The third-order valence-corrected chi connectivity index (χ3v) is 3.09. The summed E-state index contributed by atoms with van der Waals surface area (Å²) in [5.41, 5.74) is 2.19. The van der Waals surface area contributed by atoms with Crippen molar-refractivity contribution in [3.05, 3.63) is 36.3 Å². The van der Waals surface area contributed by atoms with E-state index >= 15 is 0 Å². The summed E-state index contributed by atoms with van der Waals surface area (Å²) in [6.07, 6.45) is 5.75. The number of nitrogens with one attached hydrogen (secondary N) is 1. The molecule has 19 heavy (non-hydrogen) atoms. The van der Waals surface area contributed by atoms with Crippen LogP contribution in [0.4, 0.5) is 11.5 Å². The Bertz CT molecular complexity index is 499. The molecule has 0 amide bonds. The van der Waals surface area contributed by atoms with Gasteiger partial charge in [-0.25, -0.2) is 4.98 Å². The van der Waals surface area contributed by atoms with E-state index in [1.54, 1.807) is 4.68 Å². The molecule has 2 aromatic heterocycles. The Hall–Kier alpha value is -2.04. The van der Waals surface area contributed by atoms with Gasteiger partial charge in [0.05, 0.1) is 18.1 Å². The average molecular weight is 259 g/mol. The third-order valence-electron chi connectivity index (χ3n) is 3.09.